The summed E-state index contributed by atoms with van der Waals surface area (Å²) >= 11 is 0. The number of nitrogens with one attached hydrogen (secondary N) is 1. The minimum atomic E-state index is 0.412. The second-order valence-corrected chi connectivity index (χ2v) is 5.92. The van der Waals surface area contributed by atoms with E-state index in [1.165, 1.54) is 0 Å². The van der Waals surface area contributed by atoms with Crippen molar-refractivity contribution in [2.75, 3.05) is 0 Å². The Morgan fingerprint density at radius 3 is 3.14 bits per heavy atom. The van der Waals surface area contributed by atoms with E-state index < -0.39 is 0 Å². The number of rotatable bonds is 3. The first-order chi connectivity index (χ1) is 10.7. The first-order valence-electron chi connectivity index (χ1n) is 7.61. The summed E-state index contributed by atoms with van der Waals surface area (Å²) in [6, 6.07) is 2.48. The quantitative estimate of drug-likeness (QED) is 0.782. The molecule has 4 rings (SSSR count). The van der Waals surface area contributed by atoms with Gasteiger partial charge < -0.3 is 5.32 Å². The Kier molecular flexibility index (Phi) is 3.15. The monoisotopic (exact) mass is 297 g/mol. The van der Waals surface area contributed by atoms with Crippen molar-refractivity contribution in [3.05, 3.63) is 41.5 Å². The lowest BCUT2D eigenvalue weighted by molar-refractivity contribution is 0.357. The second-order valence-electron chi connectivity index (χ2n) is 5.92. The Morgan fingerprint density at radius 2 is 2.23 bits per heavy atom. The van der Waals surface area contributed by atoms with Crippen LogP contribution in [0.1, 0.15) is 29.3 Å². The number of hydrogen-bond donors (Lipinski definition) is 1. The third-order valence-electron chi connectivity index (χ3n) is 4.19. The number of nitrogens with zero attached hydrogens (tertiary/aromatic N) is 6. The number of fused-ring (bicyclic) bond motifs is 2. The first-order valence-corrected chi connectivity index (χ1v) is 7.61. The molecule has 0 aliphatic carbocycles. The largest absolute Gasteiger partial charge is 0.306 e. The molecule has 1 aliphatic heterocycles. The lowest BCUT2D eigenvalue weighted by atomic mass is 10.1. The maximum Gasteiger partial charge on any atom is 0.234 e. The number of imidazole rings is 1. The van der Waals surface area contributed by atoms with Crippen LogP contribution in [0.15, 0.2) is 18.6 Å². The molecule has 0 saturated heterocycles. The number of aryl methyl sites for hydroxylation is 3. The first kappa shape index (κ1) is 13.4. The normalized spacial score (nSPS) is 17.8. The molecule has 3 aromatic heterocycles. The van der Waals surface area contributed by atoms with Crippen LogP contribution in [0, 0.1) is 13.8 Å². The van der Waals surface area contributed by atoms with E-state index in [1.54, 1.807) is 6.33 Å². The second kappa shape index (κ2) is 5.17. The smallest absolute Gasteiger partial charge is 0.234 e. The highest BCUT2D eigenvalue weighted by Gasteiger charge is 2.19. The van der Waals surface area contributed by atoms with Gasteiger partial charge in [-0.2, -0.15) is 5.10 Å². The van der Waals surface area contributed by atoms with Crippen LogP contribution in [-0.4, -0.2) is 35.2 Å². The van der Waals surface area contributed by atoms with Gasteiger partial charge in [0, 0.05) is 36.6 Å². The number of aromatic nitrogens is 6. The highest BCUT2D eigenvalue weighted by atomic mass is 15.3. The zero-order valence-electron chi connectivity index (χ0n) is 12.8. The molecule has 0 radical (unpaired) electrons. The van der Waals surface area contributed by atoms with Crippen LogP contribution in [-0.2, 0) is 19.5 Å². The van der Waals surface area contributed by atoms with Crippen molar-refractivity contribution in [1.82, 2.24) is 34.4 Å². The fraction of sp³-hybridized carbons (Fsp3) is 0.467. The van der Waals surface area contributed by atoms with Gasteiger partial charge in [-0.15, -0.1) is 0 Å². The van der Waals surface area contributed by atoms with Gasteiger partial charge in [0.1, 0.15) is 12.2 Å². The van der Waals surface area contributed by atoms with Crippen molar-refractivity contribution in [2.45, 2.75) is 45.8 Å². The van der Waals surface area contributed by atoms with Gasteiger partial charge >= 0.3 is 0 Å². The summed E-state index contributed by atoms with van der Waals surface area (Å²) in [6.07, 6.45) is 5.76. The number of hydrogen-bond acceptors (Lipinski definition) is 5. The van der Waals surface area contributed by atoms with Crippen molar-refractivity contribution < 1.29 is 0 Å². The van der Waals surface area contributed by atoms with E-state index in [9.17, 15) is 0 Å². The van der Waals surface area contributed by atoms with Crippen LogP contribution in [0.2, 0.25) is 0 Å². The minimum Gasteiger partial charge on any atom is -0.306 e. The van der Waals surface area contributed by atoms with Gasteiger partial charge in [-0.1, -0.05) is 0 Å². The topological polar surface area (TPSA) is 72.9 Å². The standard InChI is InChI=1S/C15H19N7/c1-10-5-11(2)21-7-13(20-15(21)19-10)6-16-12-3-4-14-17-9-18-22(14)8-12/h5,7,9,12,16H,3-4,6,8H2,1-2H3. The fourth-order valence-electron chi connectivity index (χ4n) is 3.06. The molecule has 0 fully saturated rings. The van der Waals surface area contributed by atoms with Crippen LogP contribution in [0.25, 0.3) is 5.78 Å². The third kappa shape index (κ3) is 2.37. The maximum atomic E-state index is 4.61. The van der Waals surface area contributed by atoms with E-state index >= 15 is 0 Å². The molecular formula is C15H19N7. The minimum absolute atomic E-state index is 0.412. The highest BCUT2D eigenvalue weighted by Crippen LogP contribution is 2.13. The van der Waals surface area contributed by atoms with Crippen LogP contribution in [0.5, 0.6) is 0 Å². The van der Waals surface area contributed by atoms with E-state index in [2.05, 4.69) is 44.6 Å². The molecule has 4 heterocycles. The van der Waals surface area contributed by atoms with E-state index in [0.717, 1.165) is 54.6 Å². The van der Waals surface area contributed by atoms with Crippen LogP contribution in [0.4, 0.5) is 0 Å². The predicted molar refractivity (Wildman–Crippen MR) is 81.4 cm³/mol. The molecule has 1 aliphatic rings. The lowest BCUT2D eigenvalue weighted by Gasteiger charge is -2.23. The Hall–Kier alpha value is -2.28. The maximum absolute atomic E-state index is 4.61. The molecule has 0 amide bonds. The van der Waals surface area contributed by atoms with E-state index in [0.29, 0.717) is 6.04 Å². The van der Waals surface area contributed by atoms with Gasteiger partial charge in [0.05, 0.1) is 12.2 Å². The fourth-order valence-corrected chi connectivity index (χ4v) is 3.06. The molecule has 22 heavy (non-hydrogen) atoms. The molecular weight excluding hydrogens is 278 g/mol. The molecule has 7 nitrogen and oxygen atoms in total. The molecule has 0 spiro atoms. The van der Waals surface area contributed by atoms with Crippen LogP contribution < -0.4 is 5.32 Å². The van der Waals surface area contributed by atoms with Gasteiger partial charge in [-0.25, -0.2) is 19.6 Å². The van der Waals surface area contributed by atoms with Gasteiger partial charge in [0.2, 0.25) is 5.78 Å². The molecule has 1 N–H and O–H groups in total. The zero-order chi connectivity index (χ0) is 15.1. The lowest BCUT2D eigenvalue weighted by Crippen LogP contribution is -2.37. The molecule has 0 bridgehead atoms. The highest BCUT2D eigenvalue weighted by molar-refractivity contribution is 5.34. The van der Waals surface area contributed by atoms with Gasteiger partial charge in [0.25, 0.3) is 0 Å². The van der Waals surface area contributed by atoms with Gasteiger partial charge in [-0.3, -0.25) is 4.40 Å². The summed E-state index contributed by atoms with van der Waals surface area (Å²) in [5.74, 6) is 1.86. The summed E-state index contributed by atoms with van der Waals surface area (Å²) in [7, 11) is 0. The predicted octanol–water partition coefficient (Wildman–Crippen LogP) is 1.04. The van der Waals surface area contributed by atoms with Crippen molar-refractivity contribution in [2.24, 2.45) is 0 Å². The molecule has 1 unspecified atom stereocenters. The van der Waals surface area contributed by atoms with Crippen molar-refractivity contribution in [3.63, 3.8) is 0 Å². The summed E-state index contributed by atoms with van der Waals surface area (Å²) in [5.41, 5.74) is 3.18. The van der Waals surface area contributed by atoms with Crippen LogP contribution >= 0.6 is 0 Å². The Labute approximate surface area is 128 Å². The Bertz CT molecular complexity index is 817. The summed E-state index contributed by atoms with van der Waals surface area (Å²) in [4.78, 5) is 13.3. The van der Waals surface area contributed by atoms with E-state index in [1.807, 2.05) is 16.0 Å². The van der Waals surface area contributed by atoms with E-state index in [4.69, 9.17) is 0 Å². The molecule has 1 atom stereocenters. The average molecular weight is 297 g/mol. The zero-order valence-corrected chi connectivity index (χ0v) is 12.8. The Balaban J connectivity index is 1.47. The van der Waals surface area contributed by atoms with Crippen molar-refractivity contribution >= 4 is 5.78 Å². The average Bonchev–Trinajstić information content (AvgIpc) is 3.10. The van der Waals surface area contributed by atoms with Crippen LogP contribution in [0.3, 0.4) is 0 Å². The summed E-state index contributed by atoms with van der Waals surface area (Å²) in [6.45, 7) is 5.70. The third-order valence-corrected chi connectivity index (χ3v) is 4.19. The summed E-state index contributed by atoms with van der Waals surface area (Å²) in [5, 5.41) is 7.83. The van der Waals surface area contributed by atoms with Crippen molar-refractivity contribution in [1.29, 1.82) is 0 Å². The van der Waals surface area contributed by atoms with Crippen molar-refractivity contribution in [3.8, 4) is 0 Å². The molecule has 0 saturated carbocycles. The summed E-state index contributed by atoms with van der Waals surface area (Å²) < 4.78 is 4.03. The SMILES string of the molecule is Cc1cc(C)n2cc(CNC3CCc4ncnn4C3)nc2n1. The Morgan fingerprint density at radius 1 is 1.32 bits per heavy atom. The van der Waals surface area contributed by atoms with E-state index in [-0.39, 0.29) is 0 Å². The molecule has 3 aromatic rings. The molecule has 7 heteroatoms. The molecule has 0 aromatic carbocycles. The van der Waals surface area contributed by atoms with Gasteiger partial charge in [-0.05, 0) is 26.3 Å². The van der Waals surface area contributed by atoms with Gasteiger partial charge in [0.15, 0.2) is 0 Å². The molecule has 114 valence electrons.